The Morgan fingerprint density at radius 3 is 2.02 bits per heavy atom. The summed E-state index contributed by atoms with van der Waals surface area (Å²) in [5.41, 5.74) is 0.745. The van der Waals surface area contributed by atoms with E-state index >= 15 is 0 Å². The molecular weight excluding hydrogens is 641 g/mol. The number of carbonyl (C=O) groups is 2. The lowest BCUT2D eigenvalue weighted by molar-refractivity contribution is -0.140. The van der Waals surface area contributed by atoms with Gasteiger partial charge in [0.25, 0.3) is 10.0 Å². The highest BCUT2D eigenvalue weighted by atomic mass is 35.5. The maximum atomic E-state index is 14.4. The van der Waals surface area contributed by atoms with E-state index in [2.05, 4.69) is 5.32 Å². The highest BCUT2D eigenvalue weighted by Gasteiger charge is 2.35. The molecule has 0 heterocycles. The number of sulfonamides is 1. The highest BCUT2D eigenvalue weighted by Crippen LogP contribution is 2.37. The van der Waals surface area contributed by atoms with Crippen LogP contribution in [0.2, 0.25) is 10.0 Å². The Bertz CT molecular complexity index is 1580. The van der Waals surface area contributed by atoms with Gasteiger partial charge < -0.3 is 24.4 Å². The first-order valence-corrected chi connectivity index (χ1v) is 16.5. The molecule has 0 aromatic heterocycles. The minimum atomic E-state index is -4.45. The monoisotopic (exact) mass is 679 g/mol. The van der Waals surface area contributed by atoms with Gasteiger partial charge in [-0.1, -0.05) is 56.1 Å². The molecule has 0 aliphatic heterocycles. The quantitative estimate of drug-likeness (QED) is 0.216. The summed E-state index contributed by atoms with van der Waals surface area (Å²) in [6.07, 6.45) is 0.284. The van der Waals surface area contributed by atoms with Crippen LogP contribution in [0.3, 0.4) is 0 Å². The summed E-state index contributed by atoms with van der Waals surface area (Å²) in [4.78, 5) is 28.9. The predicted octanol–water partition coefficient (Wildman–Crippen LogP) is 5.79. The number of nitrogens with one attached hydrogen (secondary N) is 1. The Hall–Kier alpha value is -3.67. The number of nitrogens with zero attached hydrogens (tertiary/aromatic N) is 2. The molecule has 13 heteroatoms. The molecule has 10 nitrogen and oxygen atoms in total. The van der Waals surface area contributed by atoms with Crippen molar-refractivity contribution in [3.05, 3.63) is 76.3 Å². The van der Waals surface area contributed by atoms with Crippen molar-refractivity contribution in [3.63, 3.8) is 0 Å². The highest BCUT2D eigenvalue weighted by molar-refractivity contribution is 7.92. The van der Waals surface area contributed by atoms with Crippen LogP contribution in [0.5, 0.6) is 17.2 Å². The molecule has 244 valence electrons. The van der Waals surface area contributed by atoms with Gasteiger partial charge in [-0.15, -0.1) is 0 Å². The van der Waals surface area contributed by atoms with Crippen molar-refractivity contribution >= 4 is 50.7 Å². The lowest BCUT2D eigenvalue weighted by Gasteiger charge is -2.33. The number of halogens is 2. The van der Waals surface area contributed by atoms with Gasteiger partial charge in [0, 0.05) is 29.2 Å². The summed E-state index contributed by atoms with van der Waals surface area (Å²) in [7, 11) is -0.242. The van der Waals surface area contributed by atoms with E-state index < -0.39 is 28.5 Å². The number of hydrogen-bond donors (Lipinski definition) is 1. The van der Waals surface area contributed by atoms with Crippen molar-refractivity contribution < 1.29 is 32.2 Å². The molecule has 1 atom stereocenters. The molecule has 0 aliphatic rings. The number of benzene rings is 3. The van der Waals surface area contributed by atoms with Gasteiger partial charge in [-0.3, -0.25) is 13.9 Å². The van der Waals surface area contributed by atoms with Crippen LogP contribution in [0, 0.1) is 5.92 Å². The topological polar surface area (TPSA) is 114 Å². The van der Waals surface area contributed by atoms with Crippen molar-refractivity contribution in [1.82, 2.24) is 10.2 Å². The molecule has 0 aliphatic carbocycles. The summed E-state index contributed by atoms with van der Waals surface area (Å²) >= 11 is 12.4. The Kier molecular flexibility index (Phi) is 12.8. The molecule has 3 aromatic carbocycles. The van der Waals surface area contributed by atoms with Gasteiger partial charge in [-0.2, -0.15) is 0 Å². The largest absolute Gasteiger partial charge is 0.495 e. The minimum absolute atomic E-state index is 0.0283. The van der Waals surface area contributed by atoms with Crippen LogP contribution in [0.15, 0.2) is 65.6 Å². The number of ether oxygens (including phenoxy) is 3. The summed E-state index contributed by atoms with van der Waals surface area (Å²) in [5, 5.41) is 3.64. The molecule has 1 N–H and O–H groups in total. The van der Waals surface area contributed by atoms with Gasteiger partial charge in [0.1, 0.15) is 18.3 Å². The van der Waals surface area contributed by atoms with Crippen LogP contribution in [0.25, 0.3) is 0 Å². The third-order valence-corrected chi connectivity index (χ3v) is 9.21. The molecule has 3 rings (SSSR count). The van der Waals surface area contributed by atoms with E-state index in [0.717, 1.165) is 4.31 Å². The predicted molar refractivity (Wildman–Crippen MR) is 176 cm³/mol. The molecule has 0 saturated carbocycles. The zero-order chi connectivity index (χ0) is 33.3. The summed E-state index contributed by atoms with van der Waals surface area (Å²) in [5.74, 6) is -0.107. The first-order chi connectivity index (χ1) is 21.4. The van der Waals surface area contributed by atoms with Crippen LogP contribution >= 0.6 is 23.2 Å². The Balaban J connectivity index is 2.16. The van der Waals surface area contributed by atoms with Crippen molar-refractivity contribution in [2.24, 2.45) is 5.92 Å². The molecule has 0 radical (unpaired) electrons. The van der Waals surface area contributed by atoms with Crippen LogP contribution in [-0.4, -0.2) is 65.6 Å². The van der Waals surface area contributed by atoms with Crippen molar-refractivity contribution in [3.8, 4) is 17.2 Å². The van der Waals surface area contributed by atoms with Crippen LogP contribution in [0.1, 0.15) is 32.8 Å². The molecule has 1 unspecified atom stereocenters. The van der Waals surface area contributed by atoms with E-state index in [1.807, 2.05) is 13.8 Å². The standard InChI is InChI=1S/C32H39Cl2N3O7S/c1-7-26(32(39)35-18-21(2)3)36(19-22-8-10-23(33)11-9-22)31(38)20-37(27-16-24(34)12-14-28(27)42-4)45(40,41)25-13-15-29(43-5)30(17-25)44-6/h8-17,21,26H,7,18-20H2,1-6H3,(H,35,39). The van der Waals surface area contributed by atoms with E-state index in [1.54, 1.807) is 37.3 Å². The second-order valence-electron chi connectivity index (χ2n) is 10.6. The molecule has 2 amide bonds. The molecule has 3 aromatic rings. The smallest absolute Gasteiger partial charge is 0.265 e. The molecule has 0 bridgehead atoms. The van der Waals surface area contributed by atoms with Gasteiger partial charge in [0.15, 0.2) is 11.5 Å². The number of methoxy groups -OCH3 is 3. The molecule has 0 spiro atoms. The molecular formula is C32H39Cl2N3O7S. The van der Waals surface area contributed by atoms with E-state index in [9.17, 15) is 18.0 Å². The maximum Gasteiger partial charge on any atom is 0.265 e. The van der Waals surface area contributed by atoms with E-state index in [0.29, 0.717) is 22.9 Å². The first-order valence-electron chi connectivity index (χ1n) is 14.3. The number of anilines is 1. The fourth-order valence-electron chi connectivity index (χ4n) is 4.60. The van der Waals surface area contributed by atoms with Crippen molar-refractivity contribution in [2.45, 2.75) is 44.7 Å². The Labute approximate surface area is 275 Å². The second-order valence-corrected chi connectivity index (χ2v) is 13.3. The molecule has 45 heavy (non-hydrogen) atoms. The van der Waals surface area contributed by atoms with Gasteiger partial charge in [-0.05, 0) is 60.4 Å². The SMILES string of the molecule is CCC(C(=O)NCC(C)C)N(Cc1ccc(Cl)cc1)C(=O)CN(c1cc(Cl)ccc1OC)S(=O)(=O)c1ccc(OC)c(OC)c1. The minimum Gasteiger partial charge on any atom is -0.495 e. The van der Waals surface area contributed by atoms with Gasteiger partial charge in [0.05, 0.1) is 31.9 Å². The third kappa shape index (κ3) is 8.96. The second kappa shape index (κ2) is 16.1. The third-order valence-electron chi connectivity index (χ3n) is 6.97. The lowest BCUT2D eigenvalue weighted by atomic mass is 10.1. The summed E-state index contributed by atoms with van der Waals surface area (Å²) in [6, 6.07) is 14.6. The zero-order valence-electron chi connectivity index (χ0n) is 26.2. The average molecular weight is 681 g/mol. The van der Waals surface area contributed by atoms with Crippen LogP contribution in [0.4, 0.5) is 5.69 Å². The normalized spacial score (nSPS) is 11.9. The van der Waals surface area contributed by atoms with E-state index in [1.165, 1.54) is 56.6 Å². The summed E-state index contributed by atoms with van der Waals surface area (Å²) in [6.45, 7) is 5.49. The van der Waals surface area contributed by atoms with Crippen LogP contribution < -0.4 is 23.8 Å². The van der Waals surface area contributed by atoms with Crippen molar-refractivity contribution in [2.75, 3.05) is 38.7 Å². The van der Waals surface area contributed by atoms with Crippen LogP contribution in [-0.2, 0) is 26.2 Å². The fourth-order valence-corrected chi connectivity index (χ4v) is 6.33. The van der Waals surface area contributed by atoms with Gasteiger partial charge in [0.2, 0.25) is 11.8 Å². The zero-order valence-corrected chi connectivity index (χ0v) is 28.5. The lowest BCUT2D eigenvalue weighted by Crippen LogP contribution is -2.52. The summed E-state index contributed by atoms with van der Waals surface area (Å²) < 4.78 is 45.7. The fraction of sp³-hybridized carbons (Fsp3) is 0.375. The van der Waals surface area contributed by atoms with Crippen molar-refractivity contribution in [1.29, 1.82) is 0 Å². The van der Waals surface area contributed by atoms with Gasteiger partial charge >= 0.3 is 0 Å². The number of rotatable bonds is 15. The first kappa shape index (κ1) is 35.8. The number of hydrogen-bond acceptors (Lipinski definition) is 7. The molecule has 0 saturated heterocycles. The number of amides is 2. The van der Waals surface area contributed by atoms with E-state index in [4.69, 9.17) is 37.4 Å². The maximum absolute atomic E-state index is 14.4. The Morgan fingerprint density at radius 1 is 0.844 bits per heavy atom. The Morgan fingerprint density at radius 2 is 1.44 bits per heavy atom. The van der Waals surface area contributed by atoms with E-state index in [-0.39, 0.29) is 51.9 Å². The number of carbonyl (C=O) groups excluding carboxylic acids is 2. The average Bonchev–Trinajstić information content (AvgIpc) is 3.02. The molecule has 0 fully saturated rings. The van der Waals surface area contributed by atoms with Gasteiger partial charge in [-0.25, -0.2) is 8.42 Å².